The number of fused-ring (bicyclic) bond motifs is 1. The number of carbonyl (C=O) groups is 1. The SMILES string of the molecule is Cc1nc(N)sc1C(=O)NCc1cccc2c1OCO2. The van der Waals surface area contributed by atoms with E-state index in [0.717, 1.165) is 5.56 Å². The van der Waals surface area contributed by atoms with Crippen molar-refractivity contribution in [3.05, 3.63) is 34.3 Å². The highest BCUT2D eigenvalue weighted by Crippen LogP contribution is 2.35. The van der Waals surface area contributed by atoms with Crippen LogP contribution in [0.3, 0.4) is 0 Å². The first-order valence-corrected chi connectivity index (χ1v) is 6.85. The minimum Gasteiger partial charge on any atom is -0.454 e. The Morgan fingerprint density at radius 1 is 1.50 bits per heavy atom. The number of carbonyl (C=O) groups excluding carboxylic acids is 1. The molecule has 1 amide bonds. The number of ether oxygens (including phenoxy) is 2. The zero-order chi connectivity index (χ0) is 14.1. The molecular formula is C13H13N3O3S. The minimum absolute atomic E-state index is 0.187. The van der Waals surface area contributed by atoms with Gasteiger partial charge in [-0.25, -0.2) is 4.98 Å². The van der Waals surface area contributed by atoms with E-state index >= 15 is 0 Å². The number of hydrogen-bond donors (Lipinski definition) is 2. The van der Waals surface area contributed by atoms with Gasteiger partial charge >= 0.3 is 0 Å². The second-order valence-corrected chi connectivity index (χ2v) is 5.33. The van der Waals surface area contributed by atoms with Gasteiger partial charge in [0.05, 0.1) is 5.69 Å². The van der Waals surface area contributed by atoms with Crippen LogP contribution < -0.4 is 20.5 Å². The Bertz CT molecular complexity index is 669. The van der Waals surface area contributed by atoms with Crippen molar-refractivity contribution in [1.29, 1.82) is 0 Å². The molecule has 2 heterocycles. The fourth-order valence-electron chi connectivity index (χ4n) is 2.01. The van der Waals surface area contributed by atoms with Crippen LogP contribution >= 0.6 is 11.3 Å². The molecule has 1 aromatic carbocycles. The molecule has 0 saturated carbocycles. The number of amides is 1. The Morgan fingerprint density at radius 3 is 3.10 bits per heavy atom. The number of anilines is 1. The van der Waals surface area contributed by atoms with E-state index in [9.17, 15) is 4.79 Å². The minimum atomic E-state index is -0.187. The summed E-state index contributed by atoms with van der Waals surface area (Å²) in [5.41, 5.74) is 7.11. The fourth-order valence-corrected chi connectivity index (χ4v) is 2.76. The molecule has 3 N–H and O–H groups in total. The van der Waals surface area contributed by atoms with Crippen molar-refractivity contribution in [2.24, 2.45) is 0 Å². The summed E-state index contributed by atoms with van der Waals surface area (Å²) in [4.78, 5) is 16.7. The Hall–Kier alpha value is -2.28. The molecular weight excluding hydrogens is 278 g/mol. The van der Waals surface area contributed by atoms with Crippen molar-refractivity contribution in [3.8, 4) is 11.5 Å². The quantitative estimate of drug-likeness (QED) is 0.898. The molecule has 7 heteroatoms. The van der Waals surface area contributed by atoms with Gasteiger partial charge in [0, 0.05) is 12.1 Å². The molecule has 1 aliphatic rings. The molecule has 2 aromatic rings. The smallest absolute Gasteiger partial charge is 0.263 e. The van der Waals surface area contributed by atoms with Gasteiger partial charge in [-0.05, 0) is 13.0 Å². The number of aromatic nitrogens is 1. The normalized spacial score (nSPS) is 12.4. The number of nitrogens with zero attached hydrogens (tertiary/aromatic N) is 1. The summed E-state index contributed by atoms with van der Waals surface area (Å²) in [5.74, 6) is 1.21. The summed E-state index contributed by atoms with van der Waals surface area (Å²) >= 11 is 1.18. The van der Waals surface area contributed by atoms with Gasteiger partial charge in [0.25, 0.3) is 5.91 Å². The molecule has 0 fully saturated rings. The summed E-state index contributed by atoms with van der Waals surface area (Å²) in [6, 6.07) is 5.59. The lowest BCUT2D eigenvalue weighted by Crippen LogP contribution is -2.22. The van der Waals surface area contributed by atoms with Gasteiger partial charge < -0.3 is 20.5 Å². The number of nitrogen functional groups attached to an aromatic ring is 1. The van der Waals surface area contributed by atoms with E-state index in [-0.39, 0.29) is 12.7 Å². The Labute approximate surface area is 119 Å². The summed E-state index contributed by atoms with van der Waals surface area (Å²) in [6.45, 7) is 2.34. The summed E-state index contributed by atoms with van der Waals surface area (Å²) in [6.07, 6.45) is 0. The zero-order valence-corrected chi connectivity index (χ0v) is 11.6. The van der Waals surface area contributed by atoms with Gasteiger partial charge in [-0.15, -0.1) is 0 Å². The number of rotatable bonds is 3. The first-order valence-electron chi connectivity index (χ1n) is 6.03. The summed E-state index contributed by atoms with van der Waals surface area (Å²) in [5, 5.41) is 3.23. The number of nitrogens with one attached hydrogen (secondary N) is 1. The molecule has 0 bridgehead atoms. The van der Waals surface area contributed by atoms with E-state index in [1.165, 1.54) is 11.3 Å². The number of thiazole rings is 1. The highest BCUT2D eigenvalue weighted by molar-refractivity contribution is 7.17. The number of nitrogens with two attached hydrogens (primary N) is 1. The van der Waals surface area contributed by atoms with E-state index < -0.39 is 0 Å². The van der Waals surface area contributed by atoms with Crippen LogP contribution in [0, 0.1) is 6.92 Å². The summed E-state index contributed by atoms with van der Waals surface area (Å²) in [7, 11) is 0. The molecule has 1 aliphatic heterocycles. The van der Waals surface area contributed by atoms with Crippen LogP contribution in [0.5, 0.6) is 11.5 Å². The Balaban J connectivity index is 1.73. The Morgan fingerprint density at radius 2 is 2.35 bits per heavy atom. The maximum Gasteiger partial charge on any atom is 0.263 e. The van der Waals surface area contributed by atoms with Crippen molar-refractivity contribution < 1.29 is 14.3 Å². The van der Waals surface area contributed by atoms with Crippen LogP contribution in [0.1, 0.15) is 20.9 Å². The van der Waals surface area contributed by atoms with E-state index in [4.69, 9.17) is 15.2 Å². The van der Waals surface area contributed by atoms with Crippen LogP contribution in [0.15, 0.2) is 18.2 Å². The predicted molar refractivity (Wildman–Crippen MR) is 75.0 cm³/mol. The number of aryl methyl sites for hydroxylation is 1. The molecule has 0 atom stereocenters. The molecule has 20 heavy (non-hydrogen) atoms. The molecule has 3 rings (SSSR count). The fraction of sp³-hybridized carbons (Fsp3) is 0.231. The standard InChI is InChI=1S/C13H13N3O3S/c1-7-11(20-13(14)16-7)12(17)15-5-8-3-2-4-9-10(8)19-6-18-9/h2-4H,5-6H2,1H3,(H2,14,16)(H,15,17). The van der Waals surface area contributed by atoms with E-state index in [0.29, 0.717) is 33.7 Å². The zero-order valence-electron chi connectivity index (χ0n) is 10.8. The average Bonchev–Trinajstić information content (AvgIpc) is 3.02. The van der Waals surface area contributed by atoms with Gasteiger partial charge in [0.1, 0.15) is 4.88 Å². The lowest BCUT2D eigenvalue weighted by Gasteiger charge is -2.07. The van der Waals surface area contributed by atoms with Crippen molar-refractivity contribution in [3.63, 3.8) is 0 Å². The average molecular weight is 291 g/mol. The van der Waals surface area contributed by atoms with Gasteiger partial charge in [-0.1, -0.05) is 23.5 Å². The Kier molecular flexibility index (Phi) is 3.19. The van der Waals surface area contributed by atoms with Crippen LogP contribution in [0.25, 0.3) is 0 Å². The third-order valence-electron chi connectivity index (χ3n) is 2.94. The lowest BCUT2D eigenvalue weighted by molar-refractivity contribution is 0.0954. The summed E-state index contributed by atoms with van der Waals surface area (Å²) < 4.78 is 10.7. The van der Waals surface area contributed by atoms with Gasteiger partial charge in [-0.2, -0.15) is 0 Å². The van der Waals surface area contributed by atoms with Crippen molar-refractivity contribution in [1.82, 2.24) is 10.3 Å². The third-order valence-corrected chi connectivity index (χ3v) is 3.92. The molecule has 0 radical (unpaired) electrons. The van der Waals surface area contributed by atoms with Gasteiger partial charge in [-0.3, -0.25) is 4.79 Å². The predicted octanol–water partition coefficient (Wildman–Crippen LogP) is 1.69. The van der Waals surface area contributed by atoms with Gasteiger partial charge in [0.15, 0.2) is 16.6 Å². The first kappa shape index (κ1) is 12.7. The number of benzene rings is 1. The lowest BCUT2D eigenvalue weighted by atomic mass is 10.2. The number of hydrogen-bond acceptors (Lipinski definition) is 6. The maximum absolute atomic E-state index is 12.1. The maximum atomic E-state index is 12.1. The van der Waals surface area contributed by atoms with Crippen molar-refractivity contribution in [2.75, 3.05) is 12.5 Å². The van der Waals surface area contributed by atoms with Crippen LogP contribution in [0.4, 0.5) is 5.13 Å². The van der Waals surface area contributed by atoms with Crippen LogP contribution in [-0.4, -0.2) is 17.7 Å². The van der Waals surface area contributed by atoms with Crippen molar-refractivity contribution >= 4 is 22.4 Å². The third kappa shape index (κ3) is 2.27. The molecule has 6 nitrogen and oxygen atoms in total. The highest BCUT2D eigenvalue weighted by atomic mass is 32.1. The second-order valence-electron chi connectivity index (χ2n) is 4.30. The van der Waals surface area contributed by atoms with Crippen LogP contribution in [0.2, 0.25) is 0 Å². The highest BCUT2D eigenvalue weighted by Gasteiger charge is 2.19. The van der Waals surface area contributed by atoms with E-state index in [1.807, 2.05) is 18.2 Å². The van der Waals surface area contributed by atoms with E-state index in [1.54, 1.807) is 6.92 Å². The second kappa shape index (κ2) is 5.01. The molecule has 0 unspecified atom stereocenters. The molecule has 0 spiro atoms. The molecule has 0 saturated heterocycles. The largest absolute Gasteiger partial charge is 0.454 e. The topological polar surface area (TPSA) is 86.5 Å². The first-order chi connectivity index (χ1) is 9.65. The van der Waals surface area contributed by atoms with E-state index in [2.05, 4.69) is 10.3 Å². The van der Waals surface area contributed by atoms with Crippen LogP contribution in [-0.2, 0) is 6.54 Å². The molecule has 0 aliphatic carbocycles. The van der Waals surface area contributed by atoms with Crippen molar-refractivity contribution in [2.45, 2.75) is 13.5 Å². The molecule has 1 aromatic heterocycles. The monoisotopic (exact) mass is 291 g/mol. The number of para-hydroxylation sites is 1. The van der Waals surface area contributed by atoms with Gasteiger partial charge in [0.2, 0.25) is 6.79 Å². The molecule has 104 valence electrons.